The number of anilines is 1. The predicted octanol–water partition coefficient (Wildman–Crippen LogP) is 3.94. The van der Waals surface area contributed by atoms with Crippen LogP contribution in [0.2, 0.25) is 0 Å². The van der Waals surface area contributed by atoms with E-state index in [-0.39, 0.29) is 5.54 Å². The molecule has 0 unspecified atom stereocenters. The summed E-state index contributed by atoms with van der Waals surface area (Å²) in [5.41, 5.74) is 2.00. The first-order valence-electron chi connectivity index (χ1n) is 5.98. The molecule has 0 atom stereocenters. The minimum Gasteiger partial charge on any atom is -0.380 e. The lowest BCUT2D eigenvalue weighted by atomic mass is 9.89. The van der Waals surface area contributed by atoms with Crippen LogP contribution in [0.15, 0.2) is 24.3 Å². The van der Waals surface area contributed by atoms with Crippen molar-refractivity contribution in [1.29, 1.82) is 5.26 Å². The Morgan fingerprint density at radius 1 is 1.06 bits per heavy atom. The molecule has 0 heterocycles. The maximum absolute atomic E-state index is 8.73. The Balaban J connectivity index is 2.82. The molecule has 86 valence electrons. The number of rotatable bonds is 5. The molecular weight excluding hydrogens is 196 g/mol. The first kappa shape index (κ1) is 12.6. The fraction of sp³-hybridized carbons (Fsp3) is 0.500. The van der Waals surface area contributed by atoms with E-state index in [9.17, 15) is 0 Å². The average Bonchev–Trinajstić information content (AvgIpc) is 2.37. The van der Waals surface area contributed by atoms with E-state index < -0.39 is 0 Å². The summed E-state index contributed by atoms with van der Waals surface area (Å²) in [5, 5.41) is 12.3. The van der Waals surface area contributed by atoms with E-state index in [0.717, 1.165) is 24.9 Å². The van der Waals surface area contributed by atoms with Crippen molar-refractivity contribution in [3.63, 3.8) is 0 Å². The summed E-state index contributed by atoms with van der Waals surface area (Å²) < 4.78 is 0. The number of nitrogens with one attached hydrogen (secondary N) is 1. The van der Waals surface area contributed by atoms with Crippen molar-refractivity contribution >= 4 is 5.69 Å². The largest absolute Gasteiger partial charge is 0.380 e. The Bertz CT molecular complexity index is 347. The lowest BCUT2D eigenvalue weighted by Crippen LogP contribution is -2.36. The van der Waals surface area contributed by atoms with Crippen LogP contribution in [0.25, 0.3) is 0 Å². The molecular formula is C14H20N2. The molecule has 0 saturated heterocycles. The van der Waals surface area contributed by atoms with Crippen molar-refractivity contribution in [1.82, 2.24) is 0 Å². The minimum absolute atomic E-state index is 0.189. The fourth-order valence-electron chi connectivity index (χ4n) is 1.95. The van der Waals surface area contributed by atoms with Crippen LogP contribution in [0.1, 0.15) is 45.6 Å². The average molecular weight is 216 g/mol. The molecule has 0 aliphatic heterocycles. The fourth-order valence-corrected chi connectivity index (χ4v) is 1.95. The van der Waals surface area contributed by atoms with Crippen LogP contribution >= 0.6 is 0 Å². The first-order valence-corrected chi connectivity index (χ1v) is 5.98. The minimum atomic E-state index is 0.189. The van der Waals surface area contributed by atoms with Crippen molar-refractivity contribution in [3.8, 4) is 6.07 Å². The van der Waals surface area contributed by atoms with Crippen LogP contribution in [0.4, 0.5) is 5.69 Å². The maximum atomic E-state index is 8.73. The van der Waals surface area contributed by atoms with E-state index in [1.165, 1.54) is 0 Å². The molecule has 0 saturated carbocycles. The number of benzene rings is 1. The summed E-state index contributed by atoms with van der Waals surface area (Å²) >= 11 is 0. The SMILES string of the molecule is CCC(CC)(CC)Nc1ccc(C#N)cc1. The molecule has 0 aromatic heterocycles. The van der Waals surface area contributed by atoms with Gasteiger partial charge in [0.05, 0.1) is 11.6 Å². The van der Waals surface area contributed by atoms with E-state index in [0.29, 0.717) is 5.56 Å². The van der Waals surface area contributed by atoms with Gasteiger partial charge in [-0.25, -0.2) is 0 Å². The zero-order valence-electron chi connectivity index (χ0n) is 10.4. The summed E-state index contributed by atoms with van der Waals surface area (Å²) in [4.78, 5) is 0. The molecule has 0 aliphatic rings. The van der Waals surface area contributed by atoms with E-state index in [2.05, 4.69) is 32.2 Å². The van der Waals surface area contributed by atoms with Crippen LogP contribution in [0.3, 0.4) is 0 Å². The zero-order chi connectivity index (χ0) is 12.0. The highest BCUT2D eigenvalue weighted by Gasteiger charge is 2.22. The van der Waals surface area contributed by atoms with E-state index >= 15 is 0 Å². The molecule has 2 nitrogen and oxygen atoms in total. The predicted molar refractivity (Wildman–Crippen MR) is 68.4 cm³/mol. The molecule has 16 heavy (non-hydrogen) atoms. The van der Waals surface area contributed by atoms with Gasteiger partial charge in [0, 0.05) is 11.2 Å². The number of hydrogen-bond acceptors (Lipinski definition) is 2. The molecule has 1 aromatic rings. The summed E-state index contributed by atoms with van der Waals surface area (Å²) in [6.45, 7) is 6.64. The normalized spacial score (nSPS) is 10.9. The van der Waals surface area contributed by atoms with Crippen molar-refractivity contribution in [2.75, 3.05) is 5.32 Å². The second kappa shape index (κ2) is 5.55. The Labute approximate surface area is 98.3 Å². The van der Waals surface area contributed by atoms with Crippen molar-refractivity contribution in [2.45, 2.75) is 45.6 Å². The highest BCUT2D eigenvalue weighted by atomic mass is 15.0. The molecule has 0 aliphatic carbocycles. The van der Waals surface area contributed by atoms with Gasteiger partial charge in [0.1, 0.15) is 0 Å². The van der Waals surface area contributed by atoms with Gasteiger partial charge in [-0.05, 0) is 43.5 Å². The second-order valence-corrected chi connectivity index (χ2v) is 4.16. The molecule has 0 amide bonds. The van der Waals surface area contributed by atoms with Gasteiger partial charge in [-0.3, -0.25) is 0 Å². The third kappa shape index (κ3) is 2.76. The van der Waals surface area contributed by atoms with Gasteiger partial charge in [-0.15, -0.1) is 0 Å². The van der Waals surface area contributed by atoms with Gasteiger partial charge in [0.25, 0.3) is 0 Å². The van der Waals surface area contributed by atoms with Gasteiger partial charge >= 0.3 is 0 Å². The van der Waals surface area contributed by atoms with Gasteiger partial charge in [-0.1, -0.05) is 20.8 Å². The third-order valence-electron chi connectivity index (χ3n) is 3.45. The number of hydrogen-bond donors (Lipinski definition) is 1. The summed E-state index contributed by atoms with van der Waals surface area (Å²) in [5.74, 6) is 0. The Morgan fingerprint density at radius 3 is 1.94 bits per heavy atom. The highest BCUT2D eigenvalue weighted by Crippen LogP contribution is 2.25. The molecule has 1 aromatic carbocycles. The number of nitrogens with zero attached hydrogens (tertiary/aromatic N) is 1. The smallest absolute Gasteiger partial charge is 0.0991 e. The van der Waals surface area contributed by atoms with Gasteiger partial charge in [-0.2, -0.15) is 5.26 Å². The van der Waals surface area contributed by atoms with E-state index in [1.807, 2.05) is 24.3 Å². The monoisotopic (exact) mass is 216 g/mol. The van der Waals surface area contributed by atoms with Crippen LogP contribution < -0.4 is 5.32 Å². The lowest BCUT2D eigenvalue weighted by Gasteiger charge is -2.33. The summed E-state index contributed by atoms with van der Waals surface area (Å²) in [6, 6.07) is 9.80. The van der Waals surface area contributed by atoms with Crippen molar-refractivity contribution < 1.29 is 0 Å². The standard InChI is InChI=1S/C14H20N2/c1-4-14(5-2,6-3)16-13-9-7-12(11-15)8-10-13/h7-10,16H,4-6H2,1-3H3. The van der Waals surface area contributed by atoms with Gasteiger partial charge in [0.15, 0.2) is 0 Å². The molecule has 2 heteroatoms. The van der Waals surface area contributed by atoms with Gasteiger partial charge < -0.3 is 5.32 Å². The Kier molecular flexibility index (Phi) is 4.37. The molecule has 1 rings (SSSR count). The topological polar surface area (TPSA) is 35.8 Å². The number of nitriles is 1. The van der Waals surface area contributed by atoms with Crippen LogP contribution in [-0.2, 0) is 0 Å². The Morgan fingerprint density at radius 2 is 1.56 bits per heavy atom. The van der Waals surface area contributed by atoms with Crippen LogP contribution in [0, 0.1) is 11.3 Å². The highest BCUT2D eigenvalue weighted by molar-refractivity contribution is 5.49. The maximum Gasteiger partial charge on any atom is 0.0991 e. The lowest BCUT2D eigenvalue weighted by molar-refractivity contribution is 0.420. The van der Waals surface area contributed by atoms with Crippen LogP contribution in [-0.4, -0.2) is 5.54 Å². The van der Waals surface area contributed by atoms with Crippen molar-refractivity contribution in [2.24, 2.45) is 0 Å². The quantitative estimate of drug-likeness (QED) is 0.809. The van der Waals surface area contributed by atoms with Crippen molar-refractivity contribution in [3.05, 3.63) is 29.8 Å². The van der Waals surface area contributed by atoms with Crippen LogP contribution in [0.5, 0.6) is 0 Å². The first-order chi connectivity index (χ1) is 7.69. The second-order valence-electron chi connectivity index (χ2n) is 4.16. The molecule has 0 fully saturated rings. The molecule has 0 radical (unpaired) electrons. The zero-order valence-corrected chi connectivity index (χ0v) is 10.4. The summed E-state index contributed by atoms with van der Waals surface area (Å²) in [6.07, 6.45) is 3.33. The van der Waals surface area contributed by atoms with E-state index in [4.69, 9.17) is 5.26 Å². The molecule has 0 bridgehead atoms. The summed E-state index contributed by atoms with van der Waals surface area (Å²) in [7, 11) is 0. The molecule has 0 spiro atoms. The van der Waals surface area contributed by atoms with Gasteiger partial charge in [0.2, 0.25) is 0 Å². The molecule has 1 N–H and O–H groups in total. The van der Waals surface area contributed by atoms with E-state index in [1.54, 1.807) is 0 Å². The Hall–Kier alpha value is -1.49. The third-order valence-corrected chi connectivity index (χ3v) is 3.45.